The molecule has 3 heterocycles. The highest BCUT2D eigenvalue weighted by Gasteiger charge is 2.29. The van der Waals surface area contributed by atoms with Crippen LogP contribution in [0.25, 0.3) is 10.9 Å². The molecule has 5 rings (SSSR count). The molecule has 0 atom stereocenters. The number of pyridine rings is 1. The number of hydrogen-bond acceptors (Lipinski definition) is 6. The third-order valence-corrected chi connectivity index (χ3v) is 6.17. The molecular formula is C23H27FN6O2. The topological polar surface area (TPSA) is 84.3 Å². The van der Waals surface area contributed by atoms with Gasteiger partial charge in [0.05, 0.1) is 12.8 Å². The number of piperidine rings is 1. The number of nitrogens with one attached hydrogen (secondary N) is 2. The number of ether oxygens (including phenoxy) is 1. The zero-order valence-electron chi connectivity index (χ0n) is 18.3. The Hall–Kier alpha value is -3.20. The summed E-state index contributed by atoms with van der Waals surface area (Å²) in [6.45, 7) is 1.68. The lowest BCUT2D eigenvalue weighted by Crippen LogP contribution is -2.43. The molecule has 0 radical (unpaired) electrons. The van der Waals surface area contributed by atoms with Gasteiger partial charge in [-0.3, -0.25) is 9.48 Å². The molecule has 1 aliphatic carbocycles. The number of carbonyl (C=O) groups is 1. The number of nitrogens with zero attached hydrogens (tertiary/aromatic N) is 4. The molecule has 0 bridgehead atoms. The number of methoxy groups -OCH3 is 1. The molecule has 9 heteroatoms. The van der Waals surface area contributed by atoms with Gasteiger partial charge in [0.25, 0.3) is 5.91 Å². The quantitative estimate of drug-likeness (QED) is 0.615. The minimum absolute atomic E-state index is 0.0828. The monoisotopic (exact) mass is 438 g/mol. The number of amides is 1. The minimum atomic E-state index is -0.593. The van der Waals surface area contributed by atoms with Crippen molar-refractivity contribution in [1.82, 2.24) is 20.1 Å². The number of fused-ring (bicyclic) bond motifs is 1. The first-order chi connectivity index (χ1) is 15.5. The van der Waals surface area contributed by atoms with Crippen LogP contribution in [0, 0.1) is 5.82 Å². The summed E-state index contributed by atoms with van der Waals surface area (Å²) >= 11 is 0. The Kier molecular flexibility index (Phi) is 5.42. The predicted octanol–water partition coefficient (Wildman–Crippen LogP) is 3.09. The van der Waals surface area contributed by atoms with E-state index in [0.717, 1.165) is 37.0 Å². The van der Waals surface area contributed by atoms with Gasteiger partial charge in [0, 0.05) is 50.0 Å². The molecule has 2 aliphatic rings. The van der Waals surface area contributed by atoms with Gasteiger partial charge in [-0.05, 0) is 43.9 Å². The molecule has 168 valence electrons. The van der Waals surface area contributed by atoms with Gasteiger partial charge in [0.1, 0.15) is 22.6 Å². The summed E-state index contributed by atoms with van der Waals surface area (Å²) in [5, 5.41) is 11.6. The minimum Gasteiger partial charge on any atom is -0.480 e. The molecule has 1 aliphatic heterocycles. The molecular weight excluding hydrogens is 411 g/mol. The van der Waals surface area contributed by atoms with E-state index in [1.54, 1.807) is 30.1 Å². The van der Waals surface area contributed by atoms with Gasteiger partial charge in [0.2, 0.25) is 5.88 Å². The molecule has 0 spiro atoms. The number of rotatable bonds is 6. The van der Waals surface area contributed by atoms with Crippen LogP contribution in [0.5, 0.6) is 5.88 Å². The van der Waals surface area contributed by atoms with Gasteiger partial charge in [-0.1, -0.05) is 0 Å². The fourth-order valence-electron chi connectivity index (χ4n) is 4.43. The highest BCUT2D eigenvalue weighted by molar-refractivity contribution is 6.14. The average Bonchev–Trinajstić information content (AvgIpc) is 3.52. The molecule has 3 aromatic rings. The molecule has 1 amide bonds. The van der Waals surface area contributed by atoms with Crippen LogP contribution in [-0.2, 0) is 7.05 Å². The Labute approximate surface area is 185 Å². The first-order valence-electron chi connectivity index (χ1n) is 11.0. The highest BCUT2D eigenvalue weighted by atomic mass is 19.1. The van der Waals surface area contributed by atoms with E-state index in [-0.39, 0.29) is 11.4 Å². The van der Waals surface area contributed by atoms with Crippen LogP contribution < -0.4 is 20.3 Å². The van der Waals surface area contributed by atoms with Crippen molar-refractivity contribution in [1.29, 1.82) is 0 Å². The van der Waals surface area contributed by atoms with Crippen LogP contribution in [0.2, 0.25) is 0 Å². The molecule has 2 aromatic heterocycles. The molecule has 1 aromatic carbocycles. The van der Waals surface area contributed by atoms with E-state index in [4.69, 9.17) is 4.74 Å². The third kappa shape index (κ3) is 4.00. The van der Waals surface area contributed by atoms with Gasteiger partial charge in [-0.15, -0.1) is 0 Å². The van der Waals surface area contributed by atoms with Gasteiger partial charge in [-0.25, -0.2) is 9.37 Å². The lowest BCUT2D eigenvalue weighted by molar-refractivity contribution is 0.102. The van der Waals surface area contributed by atoms with E-state index in [1.165, 1.54) is 26.0 Å². The first kappa shape index (κ1) is 20.7. The lowest BCUT2D eigenvalue weighted by Gasteiger charge is -2.34. The average molecular weight is 439 g/mol. The van der Waals surface area contributed by atoms with Crippen molar-refractivity contribution in [2.75, 3.05) is 30.4 Å². The molecule has 0 unspecified atom stereocenters. The van der Waals surface area contributed by atoms with Crippen molar-refractivity contribution in [3.05, 3.63) is 42.0 Å². The molecule has 2 fully saturated rings. The van der Waals surface area contributed by atoms with E-state index in [9.17, 15) is 4.79 Å². The molecule has 32 heavy (non-hydrogen) atoms. The number of carbonyl (C=O) groups excluding carboxylic acids is 1. The molecule has 2 N–H and O–H groups in total. The first-order valence-corrected chi connectivity index (χ1v) is 11.0. The molecule has 1 saturated heterocycles. The van der Waals surface area contributed by atoms with Crippen molar-refractivity contribution in [2.45, 2.75) is 37.8 Å². The van der Waals surface area contributed by atoms with Crippen molar-refractivity contribution >= 4 is 28.2 Å². The third-order valence-electron chi connectivity index (χ3n) is 6.17. The Morgan fingerprint density at radius 3 is 2.69 bits per heavy atom. The lowest BCUT2D eigenvalue weighted by atomic mass is 10.0. The van der Waals surface area contributed by atoms with Crippen LogP contribution >= 0.6 is 0 Å². The van der Waals surface area contributed by atoms with E-state index in [2.05, 4.69) is 25.6 Å². The van der Waals surface area contributed by atoms with Crippen molar-refractivity contribution < 1.29 is 13.9 Å². The summed E-state index contributed by atoms with van der Waals surface area (Å²) in [4.78, 5) is 19.3. The summed E-state index contributed by atoms with van der Waals surface area (Å²) in [5.41, 5.74) is 1.42. The maximum atomic E-state index is 15.3. The second-order valence-corrected chi connectivity index (χ2v) is 8.53. The fourth-order valence-corrected chi connectivity index (χ4v) is 4.43. The Bertz CT molecular complexity index is 1150. The van der Waals surface area contributed by atoms with Crippen LogP contribution in [0.1, 0.15) is 36.0 Å². The number of aryl methyl sites for hydroxylation is 1. The zero-order valence-corrected chi connectivity index (χ0v) is 18.3. The van der Waals surface area contributed by atoms with Crippen molar-refractivity contribution in [2.24, 2.45) is 7.05 Å². The standard InChI is InChI=1S/C23H27FN6O2/c1-29-13-16-19(30-10-7-15(8-11-30)26-14-5-6-14)12-17(24)20(21(16)28-29)22(31)27-18-4-3-9-25-23(18)32-2/h3-4,9,12-15,26H,5-8,10-11H2,1-2H3,(H,27,31). The molecule has 1 saturated carbocycles. The van der Waals surface area contributed by atoms with E-state index in [0.29, 0.717) is 23.3 Å². The second kappa shape index (κ2) is 8.38. The van der Waals surface area contributed by atoms with Gasteiger partial charge in [0.15, 0.2) is 0 Å². The predicted molar refractivity (Wildman–Crippen MR) is 121 cm³/mol. The summed E-state index contributed by atoms with van der Waals surface area (Å²) < 4.78 is 22.2. The number of halogens is 1. The summed E-state index contributed by atoms with van der Waals surface area (Å²) in [5.74, 6) is -0.918. The maximum absolute atomic E-state index is 15.3. The number of hydrogen-bond donors (Lipinski definition) is 2. The van der Waals surface area contributed by atoms with Gasteiger partial charge in [-0.2, -0.15) is 5.10 Å². The number of benzene rings is 1. The van der Waals surface area contributed by atoms with Gasteiger partial charge < -0.3 is 20.3 Å². The van der Waals surface area contributed by atoms with E-state index < -0.39 is 11.7 Å². The van der Waals surface area contributed by atoms with Crippen LogP contribution in [0.15, 0.2) is 30.6 Å². The van der Waals surface area contributed by atoms with Crippen molar-refractivity contribution in [3.63, 3.8) is 0 Å². The smallest absolute Gasteiger partial charge is 0.261 e. The van der Waals surface area contributed by atoms with Crippen LogP contribution in [-0.4, -0.2) is 53.0 Å². The highest BCUT2D eigenvalue weighted by Crippen LogP contribution is 2.34. The Balaban J connectivity index is 1.44. The summed E-state index contributed by atoms with van der Waals surface area (Å²) in [6, 6.07) is 6.01. The van der Waals surface area contributed by atoms with Crippen molar-refractivity contribution in [3.8, 4) is 5.88 Å². The Morgan fingerprint density at radius 2 is 1.97 bits per heavy atom. The second-order valence-electron chi connectivity index (χ2n) is 8.53. The zero-order chi connectivity index (χ0) is 22.2. The molecule has 8 nitrogen and oxygen atoms in total. The summed E-state index contributed by atoms with van der Waals surface area (Å²) in [7, 11) is 3.24. The maximum Gasteiger partial charge on any atom is 0.261 e. The largest absolute Gasteiger partial charge is 0.480 e. The normalized spacial score (nSPS) is 17.0. The Morgan fingerprint density at radius 1 is 1.22 bits per heavy atom. The van der Waals surface area contributed by atoms with Crippen LogP contribution in [0.4, 0.5) is 15.8 Å². The fraction of sp³-hybridized carbons (Fsp3) is 0.435. The number of anilines is 2. The number of aromatic nitrogens is 3. The van der Waals surface area contributed by atoms with Gasteiger partial charge >= 0.3 is 0 Å². The SMILES string of the molecule is COc1ncccc1NC(=O)c1c(F)cc(N2CCC(NC3CC3)CC2)c2cn(C)nc12. The van der Waals surface area contributed by atoms with E-state index in [1.807, 2.05) is 6.20 Å². The van der Waals surface area contributed by atoms with E-state index >= 15 is 4.39 Å². The summed E-state index contributed by atoms with van der Waals surface area (Å²) in [6.07, 6.45) is 7.99. The van der Waals surface area contributed by atoms with Crippen LogP contribution in [0.3, 0.4) is 0 Å².